The van der Waals surface area contributed by atoms with Crippen molar-refractivity contribution in [1.82, 2.24) is 0 Å². The topological polar surface area (TPSA) is 16.6 Å². The molecule has 0 aliphatic heterocycles. The summed E-state index contributed by atoms with van der Waals surface area (Å²) in [4.78, 5) is 0. The van der Waals surface area contributed by atoms with Crippen LogP contribution in [0.25, 0.3) is 0 Å². The molecule has 0 unspecified atom stereocenters. The third-order valence-electron chi connectivity index (χ3n) is 12.8. The highest BCUT2D eigenvalue weighted by molar-refractivity contribution is 7.20. The lowest BCUT2D eigenvalue weighted by Gasteiger charge is -2.49. The van der Waals surface area contributed by atoms with Gasteiger partial charge in [0.15, 0.2) is 46.5 Å². The van der Waals surface area contributed by atoms with E-state index in [0.717, 1.165) is 11.8 Å². The number of quaternary nitrogens is 1. The Kier molecular flexibility index (Phi) is 13.8. The second-order valence-corrected chi connectivity index (χ2v) is 16.4. The first-order valence-electron chi connectivity index (χ1n) is 19.4. The molecule has 2 saturated carbocycles. The summed E-state index contributed by atoms with van der Waals surface area (Å²) in [7, 11) is 0. The zero-order chi connectivity index (χ0) is 44.8. The summed E-state index contributed by atoms with van der Waals surface area (Å²) >= 11 is 0. The molecule has 0 spiro atoms. The van der Waals surface area contributed by atoms with Gasteiger partial charge >= 0.3 is 0 Å². The standard InChI is InChI=1S/C24H4BF16.C18H35N/c26-5-1-9(30)17(34)21(38)13(5)25(14-6(27)2-10(31)18(35)22(14)39,15-7(28)3-11(32)19(36)23(15)40)16-8(29)4-12(33)20(37)24(16)41;1-15(2)17(11-7-5-8-12-17)19-18(16(3)4)13-9-6-10-14-18/h1-4H;15-16,19H,5-14H2,1-4H3/q-1;/p+1. The fraction of sp³-hybridized carbons (Fsp3) is 0.429. The van der Waals surface area contributed by atoms with Crippen molar-refractivity contribution in [2.75, 3.05) is 0 Å². The van der Waals surface area contributed by atoms with Gasteiger partial charge in [0.1, 0.15) is 29.4 Å². The van der Waals surface area contributed by atoms with Gasteiger partial charge in [0.05, 0.1) is 34.3 Å². The Morgan fingerprint density at radius 2 is 0.567 bits per heavy atom. The molecule has 0 amide bonds. The Bertz CT molecular complexity index is 1980. The van der Waals surface area contributed by atoms with Crippen LogP contribution in [0.4, 0.5) is 70.2 Å². The number of halogens is 16. The Morgan fingerprint density at radius 1 is 0.350 bits per heavy atom. The van der Waals surface area contributed by atoms with Crippen LogP contribution in [0.2, 0.25) is 0 Å². The van der Waals surface area contributed by atoms with E-state index in [2.05, 4.69) is 33.0 Å². The molecule has 0 radical (unpaired) electrons. The minimum Gasteiger partial charge on any atom is -0.336 e. The molecule has 60 heavy (non-hydrogen) atoms. The molecule has 0 aromatic heterocycles. The zero-order valence-electron chi connectivity index (χ0n) is 32.7. The van der Waals surface area contributed by atoms with Gasteiger partial charge in [-0.1, -0.05) is 40.5 Å². The zero-order valence-corrected chi connectivity index (χ0v) is 32.7. The normalized spacial score (nSPS) is 16.6. The Balaban J connectivity index is 0.000000299. The van der Waals surface area contributed by atoms with Crippen LogP contribution in [-0.2, 0) is 0 Å². The molecule has 2 aliphatic rings. The smallest absolute Gasteiger partial charge is 0.191 e. The number of nitrogens with two attached hydrogens (primary N) is 1. The molecule has 0 heterocycles. The van der Waals surface area contributed by atoms with Crippen molar-refractivity contribution in [3.8, 4) is 0 Å². The first-order valence-corrected chi connectivity index (χ1v) is 19.4. The van der Waals surface area contributed by atoms with Crippen molar-refractivity contribution < 1.29 is 75.6 Å². The van der Waals surface area contributed by atoms with E-state index in [4.69, 9.17) is 0 Å². The van der Waals surface area contributed by atoms with Gasteiger partial charge in [-0.15, -0.1) is 21.9 Å². The molecule has 2 fully saturated rings. The van der Waals surface area contributed by atoms with Crippen molar-refractivity contribution in [1.29, 1.82) is 0 Å². The van der Waals surface area contributed by atoms with E-state index in [1.54, 1.807) is 0 Å². The minimum atomic E-state index is -6.18. The summed E-state index contributed by atoms with van der Waals surface area (Å²) in [5, 5.41) is 2.91. The average molecular weight is 874 g/mol. The minimum absolute atomic E-state index is 0.555. The summed E-state index contributed by atoms with van der Waals surface area (Å²) in [5.74, 6) is -43.4. The molecule has 328 valence electrons. The van der Waals surface area contributed by atoms with Crippen LogP contribution in [0.1, 0.15) is 91.9 Å². The van der Waals surface area contributed by atoms with Crippen molar-refractivity contribution in [3.05, 3.63) is 117 Å². The summed E-state index contributed by atoms with van der Waals surface area (Å²) in [6.07, 6.45) is 8.43. The van der Waals surface area contributed by atoms with Crippen LogP contribution in [0.3, 0.4) is 0 Å². The van der Waals surface area contributed by atoms with Crippen molar-refractivity contribution >= 4 is 28.0 Å². The van der Waals surface area contributed by atoms with Crippen molar-refractivity contribution in [2.45, 2.75) is 103 Å². The number of hydrogen-bond acceptors (Lipinski definition) is 0. The third kappa shape index (κ3) is 7.89. The van der Waals surface area contributed by atoms with Crippen molar-refractivity contribution in [2.24, 2.45) is 11.8 Å². The molecule has 4 aromatic carbocycles. The van der Waals surface area contributed by atoms with Gasteiger partial charge in [0, 0.05) is 61.8 Å². The molecule has 0 saturated heterocycles. The number of benzene rings is 4. The molecular weight excluding hydrogens is 833 g/mol. The molecule has 1 nitrogen and oxygen atoms in total. The molecule has 2 aliphatic carbocycles. The fourth-order valence-corrected chi connectivity index (χ4v) is 9.54. The van der Waals surface area contributed by atoms with E-state index in [9.17, 15) is 35.1 Å². The summed E-state index contributed by atoms with van der Waals surface area (Å²) in [6, 6.07) is -2.92. The lowest BCUT2D eigenvalue weighted by Crippen LogP contribution is -3.08. The maximum Gasteiger partial charge on any atom is 0.191 e. The third-order valence-corrected chi connectivity index (χ3v) is 12.8. The average Bonchev–Trinajstić information content (AvgIpc) is 3.18. The highest BCUT2D eigenvalue weighted by Gasteiger charge is 2.51. The predicted octanol–water partition coefficient (Wildman–Crippen LogP) is 9.56. The van der Waals surface area contributed by atoms with E-state index < -0.39 is 145 Å². The Morgan fingerprint density at radius 3 is 0.767 bits per heavy atom. The van der Waals surface area contributed by atoms with E-state index in [1.807, 2.05) is 0 Å². The number of hydrogen-bond donors (Lipinski definition) is 1. The van der Waals surface area contributed by atoms with Gasteiger partial charge in [0.2, 0.25) is 0 Å². The summed E-state index contributed by atoms with van der Waals surface area (Å²) in [5.41, 5.74) is -9.83. The lowest BCUT2D eigenvalue weighted by atomic mass is 9.12. The summed E-state index contributed by atoms with van der Waals surface area (Å²) in [6.45, 7) is 9.88. The largest absolute Gasteiger partial charge is 0.336 e. The van der Waals surface area contributed by atoms with Crippen LogP contribution in [0.15, 0.2) is 24.3 Å². The first kappa shape index (κ1) is 46.8. The second kappa shape index (κ2) is 17.6. The highest BCUT2D eigenvalue weighted by atomic mass is 19.2. The van der Waals surface area contributed by atoms with Crippen LogP contribution in [-0.4, -0.2) is 17.2 Å². The van der Waals surface area contributed by atoms with E-state index >= 15 is 35.1 Å². The van der Waals surface area contributed by atoms with Gasteiger partial charge in [-0.05, 0) is 25.7 Å². The maximum absolute atomic E-state index is 15.3. The SMILES string of the molecule is CC(C)C1([NH2+]C2(C(C)C)CCCCC2)CCCCC1.Fc1cc(F)c([B-](c2c(F)cc(F)c(F)c2F)(c2c(F)cc(F)c(F)c2F)c2c(F)cc(F)c(F)c2F)c(F)c1F. The highest BCUT2D eigenvalue weighted by Crippen LogP contribution is 2.37. The molecule has 0 bridgehead atoms. The van der Waals surface area contributed by atoms with Gasteiger partial charge < -0.3 is 5.32 Å². The second-order valence-electron chi connectivity index (χ2n) is 16.4. The van der Waals surface area contributed by atoms with Gasteiger partial charge in [-0.2, -0.15) is 0 Å². The molecular formula is C42H40BF16N. The molecule has 0 atom stereocenters. The quantitative estimate of drug-likeness (QED) is 0.0787. The van der Waals surface area contributed by atoms with Crippen LogP contribution < -0.4 is 27.2 Å². The Labute approximate surface area is 335 Å². The molecule has 18 heteroatoms. The monoisotopic (exact) mass is 873 g/mol. The fourth-order valence-electron chi connectivity index (χ4n) is 9.54. The lowest BCUT2D eigenvalue weighted by molar-refractivity contribution is -0.806. The van der Waals surface area contributed by atoms with Crippen LogP contribution in [0.5, 0.6) is 0 Å². The Hall–Kier alpha value is -4.22. The van der Waals surface area contributed by atoms with Crippen LogP contribution >= 0.6 is 0 Å². The van der Waals surface area contributed by atoms with Crippen LogP contribution in [0, 0.1) is 105 Å². The molecule has 6 rings (SSSR count). The van der Waals surface area contributed by atoms with Crippen molar-refractivity contribution in [3.63, 3.8) is 0 Å². The first-order chi connectivity index (χ1) is 28.0. The van der Waals surface area contributed by atoms with E-state index in [-0.39, 0.29) is 0 Å². The predicted molar refractivity (Wildman–Crippen MR) is 193 cm³/mol. The van der Waals surface area contributed by atoms with Gasteiger partial charge in [-0.3, -0.25) is 0 Å². The maximum atomic E-state index is 15.3. The van der Waals surface area contributed by atoms with Gasteiger partial charge in [-0.25, -0.2) is 70.2 Å². The van der Waals surface area contributed by atoms with E-state index in [1.165, 1.54) is 64.2 Å². The number of rotatable bonds is 8. The summed E-state index contributed by atoms with van der Waals surface area (Å²) < 4.78 is 235. The van der Waals surface area contributed by atoms with E-state index in [0.29, 0.717) is 11.1 Å². The molecule has 4 aromatic rings. The van der Waals surface area contributed by atoms with Gasteiger partial charge in [0.25, 0.3) is 0 Å². The molecule has 2 N–H and O–H groups in total.